The number of carbonyl (C=O) groups is 2. The van der Waals surface area contributed by atoms with E-state index < -0.39 is 5.97 Å². The van der Waals surface area contributed by atoms with E-state index in [0.717, 1.165) is 10.0 Å². The maximum atomic E-state index is 11.7. The minimum atomic E-state index is -0.417. The van der Waals surface area contributed by atoms with Crippen molar-refractivity contribution in [2.45, 2.75) is 13.3 Å². The molecule has 2 rings (SSSR count). The SMILES string of the molecule is Cc1ccc(OC(=O)CCNC(=O)c2ccco2)c(Br)c1. The number of hydrogen-bond donors (Lipinski definition) is 1. The van der Waals surface area contributed by atoms with Gasteiger partial charge in [0.25, 0.3) is 5.91 Å². The van der Waals surface area contributed by atoms with Crippen LogP contribution in [0, 0.1) is 6.92 Å². The zero-order chi connectivity index (χ0) is 15.2. The zero-order valence-corrected chi connectivity index (χ0v) is 13.0. The third kappa shape index (κ3) is 4.46. The highest BCUT2D eigenvalue weighted by molar-refractivity contribution is 9.10. The Labute approximate surface area is 130 Å². The molecule has 0 radical (unpaired) electrons. The maximum Gasteiger partial charge on any atom is 0.313 e. The number of rotatable bonds is 5. The van der Waals surface area contributed by atoms with Crippen LogP contribution >= 0.6 is 15.9 Å². The molecule has 0 aliphatic heterocycles. The van der Waals surface area contributed by atoms with E-state index >= 15 is 0 Å². The Morgan fingerprint density at radius 2 is 2.14 bits per heavy atom. The van der Waals surface area contributed by atoms with E-state index in [0.29, 0.717) is 5.75 Å². The van der Waals surface area contributed by atoms with Gasteiger partial charge in [-0.05, 0) is 52.7 Å². The van der Waals surface area contributed by atoms with Crippen molar-refractivity contribution in [1.29, 1.82) is 0 Å². The lowest BCUT2D eigenvalue weighted by atomic mass is 10.2. The Morgan fingerprint density at radius 1 is 1.33 bits per heavy atom. The van der Waals surface area contributed by atoms with Crippen molar-refractivity contribution in [3.8, 4) is 5.75 Å². The molecule has 0 aliphatic carbocycles. The number of hydrogen-bond acceptors (Lipinski definition) is 4. The molecular formula is C15H14BrNO4. The van der Waals surface area contributed by atoms with Gasteiger partial charge in [0, 0.05) is 6.54 Å². The Hall–Kier alpha value is -2.08. The quantitative estimate of drug-likeness (QED) is 0.663. The molecule has 6 heteroatoms. The summed E-state index contributed by atoms with van der Waals surface area (Å²) in [6, 6.07) is 8.61. The first-order chi connectivity index (χ1) is 10.1. The van der Waals surface area contributed by atoms with E-state index in [4.69, 9.17) is 9.15 Å². The molecule has 5 nitrogen and oxygen atoms in total. The molecule has 1 amide bonds. The number of benzene rings is 1. The van der Waals surface area contributed by atoms with Gasteiger partial charge >= 0.3 is 5.97 Å². The first kappa shape index (κ1) is 15.3. The highest BCUT2D eigenvalue weighted by atomic mass is 79.9. The molecule has 0 unspecified atom stereocenters. The Balaban J connectivity index is 1.78. The molecule has 0 atom stereocenters. The smallest absolute Gasteiger partial charge is 0.313 e. The molecule has 2 aromatic rings. The second kappa shape index (κ2) is 7.08. The molecule has 0 saturated heterocycles. The number of aryl methyl sites for hydroxylation is 1. The van der Waals surface area contributed by atoms with E-state index in [-0.39, 0.29) is 24.6 Å². The highest BCUT2D eigenvalue weighted by Crippen LogP contribution is 2.25. The molecule has 1 N–H and O–H groups in total. The van der Waals surface area contributed by atoms with Gasteiger partial charge in [-0.15, -0.1) is 0 Å². The molecule has 1 aromatic heterocycles. The number of halogens is 1. The fourth-order valence-electron chi connectivity index (χ4n) is 1.64. The van der Waals surface area contributed by atoms with Crippen molar-refractivity contribution >= 4 is 27.8 Å². The summed E-state index contributed by atoms with van der Waals surface area (Å²) in [4.78, 5) is 23.3. The molecular weight excluding hydrogens is 338 g/mol. The summed E-state index contributed by atoms with van der Waals surface area (Å²) in [7, 11) is 0. The molecule has 1 aromatic carbocycles. The number of nitrogens with one attached hydrogen (secondary N) is 1. The summed E-state index contributed by atoms with van der Waals surface area (Å²) in [6.07, 6.45) is 1.49. The Bertz CT molecular complexity index is 637. The van der Waals surface area contributed by atoms with Crippen molar-refractivity contribution in [3.63, 3.8) is 0 Å². The van der Waals surface area contributed by atoms with Crippen LogP contribution in [-0.2, 0) is 4.79 Å². The first-order valence-electron chi connectivity index (χ1n) is 6.35. The molecule has 0 aliphatic rings. The minimum absolute atomic E-state index is 0.0762. The molecule has 21 heavy (non-hydrogen) atoms. The van der Waals surface area contributed by atoms with Gasteiger partial charge < -0.3 is 14.5 Å². The van der Waals surface area contributed by atoms with Gasteiger partial charge in [0.1, 0.15) is 5.75 Å². The lowest BCUT2D eigenvalue weighted by Crippen LogP contribution is -2.26. The maximum absolute atomic E-state index is 11.7. The largest absolute Gasteiger partial charge is 0.459 e. The highest BCUT2D eigenvalue weighted by Gasteiger charge is 2.11. The van der Waals surface area contributed by atoms with Crippen LogP contribution in [0.1, 0.15) is 22.5 Å². The van der Waals surface area contributed by atoms with Crippen LogP contribution < -0.4 is 10.1 Å². The normalized spacial score (nSPS) is 10.2. The third-order valence-electron chi connectivity index (χ3n) is 2.67. The number of esters is 1. The number of carbonyl (C=O) groups excluding carboxylic acids is 2. The topological polar surface area (TPSA) is 68.5 Å². The summed E-state index contributed by atoms with van der Waals surface area (Å²) >= 11 is 3.33. The fourth-order valence-corrected chi connectivity index (χ4v) is 2.21. The lowest BCUT2D eigenvalue weighted by molar-refractivity contribution is -0.134. The van der Waals surface area contributed by atoms with Gasteiger partial charge in [0.2, 0.25) is 0 Å². The molecule has 0 bridgehead atoms. The van der Waals surface area contributed by atoms with Crippen molar-refractivity contribution < 1.29 is 18.7 Å². The van der Waals surface area contributed by atoms with Gasteiger partial charge in [-0.25, -0.2) is 0 Å². The number of ether oxygens (including phenoxy) is 1. The van der Waals surface area contributed by atoms with Gasteiger partial charge in [0.15, 0.2) is 5.76 Å². The van der Waals surface area contributed by atoms with Crippen molar-refractivity contribution in [3.05, 3.63) is 52.4 Å². The van der Waals surface area contributed by atoms with E-state index in [1.807, 2.05) is 19.1 Å². The summed E-state index contributed by atoms with van der Waals surface area (Å²) in [6.45, 7) is 2.13. The van der Waals surface area contributed by atoms with E-state index in [2.05, 4.69) is 21.2 Å². The second-order valence-electron chi connectivity index (χ2n) is 4.39. The minimum Gasteiger partial charge on any atom is -0.459 e. The van der Waals surface area contributed by atoms with Crippen LogP contribution in [0.25, 0.3) is 0 Å². The van der Waals surface area contributed by atoms with E-state index in [9.17, 15) is 9.59 Å². The molecule has 0 spiro atoms. The van der Waals surface area contributed by atoms with Crippen LogP contribution in [0.3, 0.4) is 0 Å². The summed E-state index contributed by atoms with van der Waals surface area (Å²) in [5.41, 5.74) is 1.06. The number of furan rings is 1. The lowest BCUT2D eigenvalue weighted by Gasteiger charge is -2.07. The van der Waals surface area contributed by atoms with Gasteiger partial charge in [-0.2, -0.15) is 0 Å². The third-order valence-corrected chi connectivity index (χ3v) is 3.29. The summed E-state index contributed by atoms with van der Waals surface area (Å²) in [5, 5.41) is 2.58. The second-order valence-corrected chi connectivity index (χ2v) is 5.25. The molecule has 0 saturated carbocycles. The van der Waals surface area contributed by atoms with Crippen molar-refractivity contribution in [1.82, 2.24) is 5.32 Å². The zero-order valence-electron chi connectivity index (χ0n) is 11.4. The van der Waals surface area contributed by atoms with Crippen LogP contribution in [0.5, 0.6) is 5.75 Å². The fraction of sp³-hybridized carbons (Fsp3) is 0.200. The average Bonchev–Trinajstić information content (AvgIpc) is 2.96. The molecule has 110 valence electrons. The number of amides is 1. The standard InChI is InChI=1S/C15H14BrNO4/c1-10-4-5-12(11(16)9-10)21-14(18)6-7-17-15(19)13-3-2-8-20-13/h2-5,8-9H,6-7H2,1H3,(H,17,19). The summed E-state index contributed by atoms with van der Waals surface area (Å²) < 4.78 is 10.9. The van der Waals surface area contributed by atoms with Crippen molar-refractivity contribution in [2.75, 3.05) is 6.54 Å². The van der Waals surface area contributed by atoms with Crippen molar-refractivity contribution in [2.24, 2.45) is 0 Å². The van der Waals surface area contributed by atoms with Crippen LogP contribution in [-0.4, -0.2) is 18.4 Å². The molecule has 1 heterocycles. The van der Waals surface area contributed by atoms with E-state index in [1.54, 1.807) is 18.2 Å². The Morgan fingerprint density at radius 3 is 2.81 bits per heavy atom. The first-order valence-corrected chi connectivity index (χ1v) is 7.14. The average molecular weight is 352 g/mol. The predicted octanol–water partition coefficient (Wildman–Crippen LogP) is 3.08. The molecule has 0 fully saturated rings. The monoisotopic (exact) mass is 351 g/mol. The Kier molecular flexibility index (Phi) is 5.16. The predicted molar refractivity (Wildman–Crippen MR) is 80.2 cm³/mol. The van der Waals surface area contributed by atoms with E-state index in [1.165, 1.54) is 6.26 Å². The summed E-state index contributed by atoms with van der Waals surface area (Å²) in [5.74, 6) is -0.101. The van der Waals surface area contributed by atoms with Crippen LogP contribution in [0.4, 0.5) is 0 Å². The van der Waals surface area contributed by atoms with Gasteiger partial charge in [-0.1, -0.05) is 6.07 Å². The van der Waals surface area contributed by atoms with Gasteiger partial charge in [0.05, 0.1) is 17.2 Å². The van der Waals surface area contributed by atoms with Crippen LogP contribution in [0.2, 0.25) is 0 Å². The van der Waals surface area contributed by atoms with Gasteiger partial charge in [-0.3, -0.25) is 9.59 Å². The van der Waals surface area contributed by atoms with Crippen LogP contribution in [0.15, 0.2) is 45.5 Å².